The van der Waals surface area contributed by atoms with Gasteiger partial charge in [0.05, 0.1) is 0 Å². The number of hydrogen-bond donors (Lipinski definition) is 0. The zero-order chi connectivity index (χ0) is 33.7. The average Bonchev–Trinajstić information content (AvgIpc) is 3.59. The van der Waals surface area contributed by atoms with E-state index < -0.39 is 0 Å². The van der Waals surface area contributed by atoms with Crippen molar-refractivity contribution in [3.8, 4) is 56.4 Å². The maximum absolute atomic E-state index is 6.43. The first-order valence-electron chi connectivity index (χ1n) is 17.1. The predicted molar refractivity (Wildman–Crippen MR) is 209 cm³/mol. The molecule has 0 fully saturated rings. The second kappa shape index (κ2) is 11.9. The van der Waals surface area contributed by atoms with Gasteiger partial charge in [-0.2, -0.15) is 0 Å². The van der Waals surface area contributed by atoms with E-state index in [0.717, 1.165) is 55.1 Å². The summed E-state index contributed by atoms with van der Waals surface area (Å²) >= 11 is 0. The lowest BCUT2D eigenvalue weighted by Gasteiger charge is -2.10. The van der Waals surface area contributed by atoms with Crippen LogP contribution in [-0.2, 0) is 0 Å². The zero-order valence-corrected chi connectivity index (χ0v) is 27.5. The average molecular weight is 652 g/mol. The van der Waals surface area contributed by atoms with Crippen LogP contribution in [0.15, 0.2) is 180 Å². The first kappa shape index (κ1) is 29.0. The Kier molecular flexibility index (Phi) is 6.78. The summed E-state index contributed by atoms with van der Waals surface area (Å²) in [5, 5.41) is 6.81. The minimum atomic E-state index is 0.602. The molecule has 238 valence electrons. The van der Waals surface area contributed by atoms with Crippen LogP contribution >= 0.6 is 0 Å². The molecular weight excluding hydrogens is 623 g/mol. The van der Waals surface area contributed by atoms with Crippen molar-refractivity contribution in [1.29, 1.82) is 0 Å². The standard InChI is InChI=1S/C47H29N3O/c1-2-12-34(13-3-1)45-48-46(37-25-22-30-10-4-5-14-35(30)28-37)50-47(49-45)40-18-9-19-43-44(40)41-29-36(26-27-42(41)51-43)31-20-23-33(24-21-31)39-17-8-15-32-11-6-7-16-38(32)39/h1-29H. The van der Waals surface area contributed by atoms with Gasteiger partial charge >= 0.3 is 0 Å². The largest absolute Gasteiger partial charge is 0.456 e. The van der Waals surface area contributed by atoms with Gasteiger partial charge in [-0.1, -0.05) is 152 Å². The van der Waals surface area contributed by atoms with Crippen LogP contribution in [0.4, 0.5) is 0 Å². The van der Waals surface area contributed by atoms with E-state index in [9.17, 15) is 0 Å². The third-order valence-electron chi connectivity index (χ3n) is 9.73. The smallest absolute Gasteiger partial charge is 0.164 e. The summed E-state index contributed by atoms with van der Waals surface area (Å²) in [5.41, 5.74) is 9.06. The van der Waals surface area contributed by atoms with Gasteiger partial charge in [-0.25, -0.2) is 15.0 Å². The molecule has 0 amide bonds. The van der Waals surface area contributed by atoms with Gasteiger partial charge in [-0.3, -0.25) is 0 Å². The van der Waals surface area contributed by atoms with Crippen LogP contribution < -0.4 is 0 Å². The van der Waals surface area contributed by atoms with Crippen LogP contribution in [0.1, 0.15) is 0 Å². The molecule has 0 bridgehead atoms. The molecule has 0 saturated carbocycles. The maximum Gasteiger partial charge on any atom is 0.164 e. The molecule has 0 radical (unpaired) electrons. The molecule has 2 aromatic heterocycles. The topological polar surface area (TPSA) is 51.8 Å². The fraction of sp³-hybridized carbons (Fsp3) is 0. The van der Waals surface area contributed by atoms with E-state index in [1.807, 2.05) is 42.5 Å². The van der Waals surface area contributed by atoms with Gasteiger partial charge in [0.25, 0.3) is 0 Å². The van der Waals surface area contributed by atoms with Crippen LogP contribution in [0.3, 0.4) is 0 Å². The molecule has 8 aromatic carbocycles. The molecule has 0 aliphatic rings. The van der Waals surface area contributed by atoms with Crippen LogP contribution in [0, 0.1) is 0 Å². The van der Waals surface area contributed by atoms with Crippen LogP contribution in [0.25, 0.3) is 99.9 Å². The van der Waals surface area contributed by atoms with Crippen molar-refractivity contribution < 1.29 is 4.42 Å². The Labute approximate surface area is 294 Å². The van der Waals surface area contributed by atoms with Crippen LogP contribution in [-0.4, -0.2) is 15.0 Å². The number of hydrogen-bond acceptors (Lipinski definition) is 4. The Hall–Kier alpha value is -6.91. The number of rotatable bonds is 5. The summed E-state index contributed by atoms with van der Waals surface area (Å²) in [4.78, 5) is 15.2. The van der Waals surface area contributed by atoms with Gasteiger partial charge in [-0.05, 0) is 68.1 Å². The molecule has 2 heterocycles. The van der Waals surface area contributed by atoms with Crippen molar-refractivity contribution in [2.24, 2.45) is 0 Å². The second-order valence-electron chi connectivity index (χ2n) is 12.8. The zero-order valence-electron chi connectivity index (χ0n) is 27.5. The fourth-order valence-corrected chi connectivity index (χ4v) is 7.18. The molecule has 51 heavy (non-hydrogen) atoms. The molecule has 0 unspecified atom stereocenters. The second-order valence-corrected chi connectivity index (χ2v) is 12.8. The van der Waals surface area contributed by atoms with Crippen molar-refractivity contribution in [1.82, 2.24) is 15.0 Å². The summed E-state index contributed by atoms with van der Waals surface area (Å²) < 4.78 is 6.43. The summed E-state index contributed by atoms with van der Waals surface area (Å²) in [7, 11) is 0. The number of aromatic nitrogens is 3. The molecule has 0 spiro atoms. The lowest BCUT2D eigenvalue weighted by Crippen LogP contribution is -2.00. The first-order valence-corrected chi connectivity index (χ1v) is 17.1. The highest BCUT2D eigenvalue weighted by Crippen LogP contribution is 2.39. The van der Waals surface area contributed by atoms with Gasteiger partial charge < -0.3 is 4.42 Å². The van der Waals surface area contributed by atoms with E-state index >= 15 is 0 Å². The summed E-state index contributed by atoms with van der Waals surface area (Å²) in [6.07, 6.45) is 0. The summed E-state index contributed by atoms with van der Waals surface area (Å²) in [5.74, 6) is 1.85. The third kappa shape index (κ3) is 5.13. The van der Waals surface area contributed by atoms with Gasteiger partial charge in [0, 0.05) is 27.5 Å². The molecule has 10 rings (SSSR count). The molecule has 0 saturated heterocycles. The lowest BCUT2D eigenvalue weighted by atomic mass is 9.95. The van der Waals surface area contributed by atoms with Crippen molar-refractivity contribution in [2.45, 2.75) is 0 Å². The third-order valence-corrected chi connectivity index (χ3v) is 9.73. The SMILES string of the molecule is c1ccc(-c2nc(-c3ccc4ccccc4c3)nc(-c3cccc4oc5ccc(-c6ccc(-c7cccc8ccccc78)cc6)cc5c34)n2)cc1. The van der Waals surface area contributed by atoms with E-state index in [2.05, 4.69) is 133 Å². The lowest BCUT2D eigenvalue weighted by molar-refractivity contribution is 0.669. The molecule has 10 aromatic rings. The first-order chi connectivity index (χ1) is 25.2. The fourth-order valence-electron chi connectivity index (χ4n) is 7.18. The van der Waals surface area contributed by atoms with Crippen molar-refractivity contribution >= 4 is 43.5 Å². The van der Waals surface area contributed by atoms with Crippen molar-refractivity contribution in [3.63, 3.8) is 0 Å². The number of benzene rings is 8. The van der Waals surface area contributed by atoms with E-state index in [1.165, 1.54) is 27.3 Å². The Balaban J connectivity index is 1.11. The van der Waals surface area contributed by atoms with Gasteiger partial charge in [0.2, 0.25) is 0 Å². The van der Waals surface area contributed by atoms with E-state index in [0.29, 0.717) is 17.5 Å². The minimum absolute atomic E-state index is 0.602. The number of furan rings is 1. The Morgan fingerprint density at radius 3 is 1.80 bits per heavy atom. The summed E-state index contributed by atoms with van der Waals surface area (Å²) in [6.45, 7) is 0. The molecule has 0 aliphatic heterocycles. The van der Waals surface area contributed by atoms with Crippen molar-refractivity contribution in [2.75, 3.05) is 0 Å². The number of fused-ring (bicyclic) bond motifs is 5. The highest BCUT2D eigenvalue weighted by molar-refractivity contribution is 6.13. The van der Waals surface area contributed by atoms with Gasteiger partial charge in [0.15, 0.2) is 17.5 Å². The number of nitrogens with zero attached hydrogens (tertiary/aromatic N) is 3. The van der Waals surface area contributed by atoms with Gasteiger partial charge in [0.1, 0.15) is 11.2 Å². The maximum atomic E-state index is 6.43. The molecule has 4 nitrogen and oxygen atoms in total. The molecule has 0 aliphatic carbocycles. The van der Waals surface area contributed by atoms with Crippen molar-refractivity contribution in [3.05, 3.63) is 176 Å². The Bertz CT molecular complexity index is 2900. The van der Waals surface area contributed by atoms with Crippen LogP contribution in [0.2, 0.25) is 0 Å². The summed E-state index contributed by atoms with van der Waals surface area (Å²) in [6, 6.07) is 61.2. The Morgan fingerprint density at radius 2 is 0.941 bits per heavy atom. The normalized spacial score (nSPS) is 11.5. The predicted octanol–water partition coefficient (Wildman–Crippen LogP) is 12.4. The highest BCUT2D eigenvalue weighted by atomic mass is 16.3. The minimum Gasteiger partial charge on any atom is -0.456 e. The van der Waals surface area contributed by atoms with E-state index in [4.69, 9.17) is 19.4 Å². The highest BCUT2D eigenvalue weighted by Gasteiger charge is 2.18. The Morgan fingerprint density at radius 1 is 0.314 bits per heavy atom. The van der Waals surface area contributed by atoms with E-state index in [1.54, 1.807) is 0 Å². The molecule has 0 atom stereocenters. The van der Waals surface area contributed by atoms with Gasteiger partial charge in [-0.15, -0.1) is 0 Å². The van der Waals surface area contributed by atoms with E-state index in [-0.39, 0.29) is 0 Å². The monoisotopic (exact) mass is 651 g/mol. The quantitative estimate of drug-likeness (QED) is 0.186. The van der Waals surface area contributed by atoms with Crippen LogP contribution in [0.5, 0.6) is 0 Å². The molecular formula is C47H29N3O. The molecule has 4 heteroatoms. The molecule has 0 N–H and O–H groups in total.